The van der Waals surface area contributed by atoms with Crippen molar-refractivity contribution in [1.82, 2.24) is 0 Å². The van der Waals surface area contributed by atoms with Gasteiger partial charge in [-0.15, -0.1) is 0 Å². The van der Waals surface area contributed by atoms with E-state index in [1.807, 2.05) is 0 Å². The summed E-state index contributed by atoms with van der Waals surface area (Å²) in [5.74, 6) is -2.19. The Bertz CT molecular complexity index is 754. The second kappa shape index (κ2) is 7.57. The monoisotopic (exact) mass is 399 g/mol. The number of rotatable bonds is 4. The molecule has 0 heterocycles. The van der Waals surface area contributed by atoms with Crippen LogP contribution in [0.4, 0.5) is 10.1 Å². The van der Waals surface area contributed by atoms with Crippen LogP contribution in [-0.2, 0) is 9.53 Å². The third-order valence-corrected chi connectivity index (χ3v) is 3.62. The Hall–Kier alpha value is -1.92. The van der Waals surface area contributed by atoms with Crippen molar-refractivity contribution in [2.75, 3.05) is 5.32 Å². The van der Waals surface area contributed by atoms with Gasteiger partial charge in [-0.3, -0.25) is 4.79 Å². The van der Waals surface area contributed by atoms with E-state index in [0.29, 0.717) is 15.2 Å². The van der Waals surface area contributed by atoms with Crippen LogP contribution in [-0.4, -0.2) is 18.0 Å². The highest BCUT2D eigenvalue weighted by atomic mass is 79.9. The normalized spacial score (nSPS) is 11.7. The standard InChI is InChI=1S/C16H12BrClFNO3/c1-9(15(21)20-12-4-2-3-11(18)8-12)23-16(22)13-6-5-10(17)7-14(13)19/h2-9H,1H3,(H,20,21)/t9-/m1/s1. The van der Waals surface area contributed by atoms with Gasteiger partial charge in [-0.1, -0.05) is 33.6 Å². The molecule has 4 nitrogen and oxygen atoms in total. The van der Waals surface area contributed by atoms with Gasteiger partial charge in [0.25, 0.3) is 5.91 Å². The van der Waals surface area contributed by atoms with Crippen molar-refractivity contribution in [1.29, 1.82) is 0 Å². The lowest BCUT2D eigenvalue weighted by Crippen LogP contribution is -2.30. The van der Waals surface area contributed by atoms with Crippen LogP contribution >= 0.6 is 27.5 Å². The first kappa shape index (κ1) is 17.4. The van der Waals surface area contributed by atoms with E-state index in [0.717, 1.165) is 6.07 Å². The van der Waals surface area contributed by atoms with Gasteiger partial charge in [-0.2, -0.15) is 0 Å². The first-order valence-electron chi connectivity index (χ1n) is 6.59. The van der Waals surface area contributed by atoms with Crippen LogP contribution in [0.1, 0.15) is 17.3 Å². The average Bonchev–Trinajstić information content (AvgIpc) is 2.46. The van der Waals surface area contributed by atoms with E-state index in [2.05, 4.69) is 21.2 Å². The smallest absolute Gasteiger partial charge is 0.341 e. The average molecular weight is 401 g/mol. The molecule has 2 aromatic carbocycles. The fourth-order valence-electron chi connectivity index (χ4n) is 1.74. The zero-order valence-electron chi connectivity index (χ0n) is 12.0. The van der Waals surface area contributed by atoms with E-state index >= 15 is 0 Å². The van der Waals surface area contributed by atoms with Crippen molar-refractivity contribution < 1.29 is 18.7 Å². The van der Waals surface area contributed by atoms with Crippen LogP contribution in [0, 0.1) is 5.82 Å². The molecular formula is C16H12BrClFNO3. The lowest BCUT2D eigenvalue weighted by Gasteiger charge is -2.14. The van der Waals surface area contributed by atoms with Crippen LogP contribution < -0.4 is 5.32 Å². The molecule has 2 aromatic rings. The topological polar surface area (TPSA) is 55.4 Å². The maximum absolute atomic E-state index is 13.7. The van der Waals surface area contributed by atoms with E-state index in [1.54, 1.807) is 24.3 Å². The maximum Gasteiger partial charge on any atom is 0.341 e. The predicted molar refractivity (Wildman–Crippen MR) is 89.1 cm³/mol. The Morgan fingerprint density at radius 1 is 1.26 bits per heavy atom. The largest absolute Gasteiger partial charge is 0.449 e. The number of hydrogen-bond donors (Lipinski definition) is 1. The Labute approximate surface area is 145 Å². The van der Waals surface area contributed by atoms with E-state index in [4.69, 9.17) is 16.3 Å². The SMILES string of the molecule is C[C@@H](OC(=O)c1ccc(Br)cc1F)C(=O)Nc1cccc(Cl)c1. The molecule has 7 heteroatoms. The van der Waals surface area contributed by atoms with Crippen LogP contribution in [0.15, 0.2) is 46.9 Å². The minimum atomic E-state index is -1.09. The van der Waals surface area contributed by atoms with Crippen molar-refractivity contribution in [3.63, 3.8) is 0 Å². The second-order valence-electron chi connectivity index (χ2n) is 4.67. The molecule has 1 amide bonds. The first-order valence-corrected chi connectivity index (χ1v) is 7.76. The molecule has 0 aliphatic carbocycles. The Balaban J connectivity index is 2.01. The summed E-state index contributed by atoms with van der Waals surface area (Å²) in [6, 6.07) is 10.5. The van der Waals surface area contributed by atoms with Gasteiger partial charge in [0, 0.05) is 15.2 Å². The van der Waals surface area contributed by atoms with Gasteiger partial charge in [0.15, 0.2) is 6.10 Å². The summed E-state index contributed by atoms with van der Waals surface area (Å²) < 4.78 is 19.2. The fraction of sp³-hybridized carbons (Fsp3) is 0.125. The summed E-state index contributed by atoms with van der Waals surface area (Å²) >= 11 is 8.92. The maximum atomic E-state index is 13.7. The molecule has 0 saturated carbocycles. The number of ether oxygens (including phenoxy) is 1. The first-order chi connectivity index (χ1) is 10.9. The summed E-state index contributed by atoms with van der Waals surface area (Å²) in [6.45, 7) is 1.40. The fourth-order valence-corrected chi connectivity index (χ4v) is 2.27. The van der Waals surface area contributed by atoms with Gasteiger partial charge < -0.3 is 10.1 Å². The highest BCUT2D eigenvalue weighted by molar-refractivity contribution is 9.10. The number of esters is 1. The Kier molecular flexibility index (Phi) is 5.74. The van der Waals surface area contributed by atoms with Crippen molar-refractivity contribution in [2.24, 2.45) is 0 Å². The molecule has 0 fully saturated rings. The molecule has 2 rings (SSSR count). The number of hydrogen-bond acceptors (Lipinski definition) is 3. The number of amides is 1. The van der Waals surface area contributed by atoms with Crippen molar-refractivity contribution in [2.45, 2.75) is 13.0 Å². The minimum absolute atomic E-state index is 0.240. The molecule has 0 saturated heterocycles. The van der Waals surface area contributed by atoms with Gasteiger partial charge in [-0.25, -0.2) is 9.18 Å². The van der Waals surface area contributed by atoms with E-state index < -0.39 is 23.8 Å². The summed E-state index contributed by atoms with van der Waals surface area (Å²) in [6.07, 6.45) is -1.09. The van der Waals surface area contributed by atoms with Crippen LogP contribution in [0.3, 0.4) is 0 Å². The van der Waals surface area contributed by atoms with E-state index in [1.165, 1.54) is 19.1 Å². The Morgan fingerprint density at radius 3 is 2.65 bits per heavy atom. The molecule has 0 aliphatic heterocycles. The molecule has 120 valence electrons. The molecule has 0 unspecified atom stereocenters. The zero-order chi connectivity index (χ0) is 17.0. The molecule has 0 aromatic heterocycles. The number of carbonyl (C=O) groups excluding carboxylic acids is 2. The quantitative estimate of drug-likeness (QED) is 0.773. The van der Waals surface area contributed by atoms with Crippen molar-refractivity contribution in [3.8, 4) is 0 Å². The highest BCUT2D eigenvalue weighted by Crippen LogP contribution is 2.18. The van der Waals surface area contributed by atoms with E-state index in [-0.39, 0.29) is 5.56 Å². The molecule has 0 radical (unpaired) electrons. The van der Waals surface area contributed by atoms with Crippen LogP contribution in [0.25, 0.3) is 0 Å². The predicted octanol–water partition coefficient (Wildman–Crippen LogP) is 4.43. The van der Waals surface area contributed by atoms with Crippen molar-refractivity contribution in [3.05, 3.63) is 63.3 Å². The molecular weight excluding hydrogens is 389 g/mol. The summed E-state index contributed by atoms with van der Waals surface area (Å²) in [7, 11) is 0. The van der Waals surface area contributed by atoms with Gasteiger partial charge in [0.1, 0.15) is 5.82 Å². The van der Waals surface area contributed by atoms with Gasteiger partial charge >= 0.3 is 5.97 Å². The van der Waals surface area contributed by atoms with Gasteiger partial charge in [-0.05, 0) is 43.3 Å². The highest BCUT2D eigenvalue weighted by Gasteiger charge is 2.21. The van der Waals surface area contributed by atoms with E-state index in [9.17, 15) is 14.0 Å². The third kappa shape index (κ3) is 4.77. The molecule has 1 N–H and O–H groups in total. The Morgan fingerprint density at radius 2 is 2.00 bits per heavy atom. The minimum Gasteiger partial charge on any atom is -0.449 e. The van der Waals surface area contributed by atoms with Gasteiger partial charge in [0.05, 0.1) is 5.56 Å². The van der Waals surface area contributed by atoms with Crippen LogP contribution in [0.2, 0.25) is 5.02 Å². The molecule has 0 bridgehead atoms. The van der Waals surface area contributed by atoms with Gasteiger partial charge in [0.2, 0.25) is 0 Å². The molecule has 23 heavy (non-hydrogen) atoms. The summed E-state index contributed by atoms with van der Waals surface area (Å²) in [5, 5.41) is 3.02. The number of anilines is 1. The zero-order valence-corrected chi connectivity index (χ0v) is 14.3. The summed E-state index contributed by atoms with van der Waals surface area (Å²) in [4.78, 5) is 23.9. The van der Waals surface area contributed by atoms with Crippen molar-refractivity contribution >= 4 is 45.1 Å². The number of carbonyl (C=O) groups is 2. The third-order valence-electron chi connectivity index (χ3n) is 2.90. The number of halogens is 3. The number of benzene rings is 2. The lowest BCUT2D eigenvalue weighted by atomic mass is 10.2. The molecule has 0 spiro atoms. The molecule has 0 aliphatic rings. The van der Waals surface area contributed by atoms with Crippen LogP contribution in [0.5, 0.6) is 0 Å². The molecule has 1 atom stereocenters. The second-order valence-corrected chi connectivity index (χ2v) is 6.02. The summed E-state index contributed by atoms with van der Waals surface area (Å²) in [5.41, 5.74) is 0.232. The lowest BCUT2D eigenvalue weighted by molar-refractivity contribution is -0.123. The number of nitrogens with one attached hydrogen (secondary N) is 1.